The lowest BCUT2D eigenvalue weighted by molar-refractivity contribution is 0.574. The van der Waals surface area contributed by atoms with Crippen LogP contribution < -0.4 is 0 Å². The summed E-state index contributed by atoms with van der Waals surface area (Å²) in [6.45, 7) is 10.6. The zero-order valence-electron chi connectivity index (χ0n) is 17.2. The van der Waals surface area contributed by atoms with Gasteiger partial charge in [-0.25, -0.2) is 4.39 Å². The Labute approximate surface area is 173 Å². The number of thiophene rings is 1. The number of hydrogen-bond donors (Lipinski definition) is 0. The molecule has 0 radical (unpaired) electrons. The highest BCUT2D eigenvalue weighted by molar-refractivity contribution is 7.26. The second kappa shape index (κ2) is 6.14. The first kappa shape index (κ1) is 18.3. The molecule has 0 saturated carbocycles. The van der Waals surface area contributed by atoms with Gasteiger partial charge in [0.05, 0.1) is 26.7 Å². The number of pyridine rings is 1. The van der Waals surface area contributed by atoms with Gasteiger partial charge in [0.1, 0.15) is 5.76 Å². The van der Waals surface area contributed by atoms with Crippen LogP contribution in [0.3, 0.4) is 0 Å². The first-order valence-corrected chi connectivity index (χ1v) is 10.6. The van der Waals surface area contributed by atoms with Crippen LogP contribution >= 0.6 is 11.3 Å². The largest absolute Gasteiger partial charge is 0.459 e. The lowest BCUT2D eigenvalue weighted by Gasteiger charge is -2.22. The number of nitrogens with zero attached hydrogens (tertiary/aromatic N) is 1. The highest BCUT2D eigenvalue weighted by Crippen LogP contribution is 2.44. The molecule has 0 saturated heterocycles. The first-order valence-electron chi connectivity index (χ1n) is 9.76. The van der Waals surface area contributed by atoms with Gasteiger partial charge in [0.25, 0.3) is 0 Å². The van der Waals surface area contributed by atoms with Gasteiger partial charge in [-0.3, -0.25) is 4.98 Å². The Balaban J connectivity index is 1.88. The molecule has 0 spiro atoms. The fourth-order valence-electron chi connectivity index (χ4n) is 4.05. The second-order valence-corrected chi connectivity index (χ2v) is 9.72. The summed E-state index contributed by atoms with van der Waals surface area (Å²) in [5, 5.41) is 2.95. The summed E-state index contributed by atoms with van der Waals surface area (Å²) >= 11 is 1.57. The Morgan fingerprint density at radius 3 is 2.55 bits per heavy atom. The van der Waals surface area contributed by atoms with Gasteiger partial charge in [-0.1, -0.05) is 45.0 Å². The minimum atomic E-state index is -0.333. The van der Waals surface area contributed by atoms with Crippen molar-refractivity contribution in [1.29, 1.82) is 0 Å². The van der Waals surface area contributed by atoms with Crippen molar-refractivity contribution in [1.82, 2.24) is 4.98 Å². The molecule has 3 heterocycles. The molecule has 2 aromatic carbocycles. The van der Waals surface area contributed by atoms with Crippen LogP contribution in [0.25, 0.3) is 42.4 Å². The van der Waals surface area contributed by atoms with Crippen LogP contribution in [0.5, 0.6) is 0 Å². The summed E-state index contributed by atoms with van der Waals surface area (Å²) in [7, 11) is 0. The number of furan rings is 1. The molecule has 0 atom stereocenters. The maximum absolute atomic E-state index is 14.8. The van der Waals surface area contributed by atoms with E-state index in [1.54, 1.807) is 11.3 Å². The van der Waals surface area contributed by atoms with Gasteiger partial charge in [-0.15, -0.1) is 11.3 Å². The predicted molar refractivity (Wildman–Crippen MR) is 120 cm³/mol. The minimum absolute atomic E-state index is 0.0223. The van der Waals surface area contributed by atoms with E-state index in [4.69, 9.17) is 4.42 Å². The average molecular weight is 404 g/mol. The average Bonchev–Trinajstić information content (AvgIpc) is 3.18. The monoisotopic (exact) mass is 403 g/mol. The summed E-state index contributed by atoms with van der Waals surface area (Å²) in [6, 6.07) is 12.8. The summed E-state index contributed by atoms with van der Waals surface area (Å²) in [5.74, 6) is 0.507. The number of fused-ring (bicyclic) bond motifs is 4. The maximum Gasteiger partial charge on any atom is 0.156 e. The van der Waals surface area contributed by atoms with Gasteiger partial charge >= 0.3 is 0 Å². The molecule has 5 aromatic rings. The van der Waals surface area contributed by atoms with Crippen molar-refractivity contribution < 1.29 is 8.81 Å². The third-order valence-corrected chi connectivity index (χ3v) is 6.99. The highest BCUT2D eigenvalue weighted by atomic mass is 32.1. The van der Waals surface area contributed by atoms with Crippen LogP contribution in [0.4, 0.5) is 4.39 Å². The van der Waals surface area contributed by atoms with Crippen LogP contribution in [-0.4, -0.2) is 4.98 Å². The molecule has 29 heavy (non-hydrogen) atoms. The Bertz CT molecular complexity index is 1420. The zero-order valence-corrected chi connectivity index (χ0v) is 18.0. The van der Waals surface area contributed by atoms with E-state index in [0.717, 1.165) is 32.0 Å². The van der Waals surface area contributed by atoms with E-state index >= 15 is 0 Å². The molecular weight excluding hydrogens is 381 g/mol. The Hall–Kier alpha value is -2.72. The fourth-order valence-corrected chi connectivity index (χ4v) is 5.35. The van der Waals surface area contributed by atoms with Crippen molar-refractivity contribution >= 4 is 42.5 Å². The number of aryl methyl sites for hydroxylation is 2. The van der Waals surface area contributed by atoms with Crippen LogP contribution in [0.2, 0.25) is 0 Å². The standard InChI is InChI=1S/C25H22FNOS/c1-13-14(2)28-22-20-19(26)12-27-21(24(20)29-23(13)22)16-10-15-8-6-7-9-17(15)18(11-16)25(3,4)5/h6-12H,1-5H3. The van der Waals surface area contributed by atoms with Crippen LogP contribution in [0.1, 0.15) is 37.7 Å². The number of aromatic nitrogens is 1. The van der Waals surface area contributed by atoms with Gasteiger partial charge in [-0.05, 0) is 47.7 Å². The number of benzene rings is 2. The molecule has 0 amide bonds. The molecule has 0 N–H and O–H groups in total. The SMILES string of the molecule is Cc1oc2c(sc3c(-c4cc(C(C)(C)C)c5ccccc5c4)ncc(F)c32)c1C. The third-order valence-electron chi connectivity index (χ3n) is 5.69. The Kier molecular flexibility index (Phi) is 3.88. The van der Waals surface area contributed by atoms with Crippen LogP contribution in [0, 0.1) is 19.7 Å². The molecule has 5 rings (SSSR count). The molecule has 2 nitrogen and oxygen atoms in total. The molecule has 0 unspecified atom stereocenters. The highest BCUT2D eigenvalue weighted by Gasteiger charge is 2.23. The van der Waals surface area contributed by atoms with Gasteiger partial charge in [-0.2, -0.15) is 0 Å². The van der Waals surface area contributed by atoms with Gasteiger partial charge in [0, 0.05) is 11.1 Å². The fraction of sp³-hybridized carbons (Fsp3) is 0.240. The van der Waals surface area contributed by atoms with E-state index in [1.807, 2.05) is 13.8 Å². The van der Waals surface area contributed by atoms with Crippen LogP contribution in [0.15, 0.2) is 47.0 Å². The molecule has 0 aliphatic heterocycles. The van der Waals surface area contributed by atoms with Gasteiger partial charge in [0.15, 0.2) is 11.4 Å². The van der Waals surface area contributed by atoms with Gasteiger partial charge in [0.2, 0.25) is 0 Å². The van der Waals surface area contributed by atoms with Crippen molar-refractivity contribution in [3.05, 3.63) is 65.3 Å². The summed E-state index contributed by atoms with van der Waals surface area (Å²) in [6.07, 6.45) is 1.32. The third kappa shape index (κ3) is 2.70. The molecule has 0 bridgehead atoms. The van der Waals surface area contributed by atoms with Gasteiger partial charge < -0.3 is 4.42 Å². The quantitative estimate of drug-likeness (QED) is 0.284. The number of halogens is 1. The molecule has 4 heteroatoms. The van der Waals surface area contributed by atoms with Crippen molar-refractivity contribution in [2.75, 3.05) is 0 Å². The van der Waals surface area contributed by atoms with Crippen molar-refractivity contribution in [3.63, 3.8) is 0 Å². The topological polar surface area (TPSA) is 26.0 Å². The smallest absolute Gasteiger partial charge is 0.156 e. The molecule has 3 aromatic heterocycles. The molecule has 0 aliphatic carbocycles. The normalized spacial score (nSPS) is 12.5. The number of rotatable bonds is 1. The van der Waals surface area contributed by atoms with E-state index in [-0.39, 0.29) is 11.2 Å². The second-order valence-electron chi connectivity index (χ2n) is 8.70. The summed E-state index contributed by atoms with van der Waals surface area (Å²) < 4.78 is 22.6. The molecular formula is C25H22FNOS. The first-order chi connectivity index (χ1) is 13.8. The maximum atomic E-state index is 14.8. The van der Waals surface area contributed by atoms with Crippen molar-refractivity contribution in [3.8, 4) is 11.3 Å². The molecule has 0 aliphatic rings. The van der Waals surface area contributed by atoms with E-state index < -0.39 is 0 Å². The van der Waals surface area contributed by atoms with Crippen molar-refractivity contribution in [2.45, 2.75) is 40.0 Å². The van der Waals surface area contributed by atoms with E-state index in [2.05, 4.69) is 62.2 Å². The summed E-state index contributed by atoms with van der Waals surface area (Å²) in [5.41, 5.74) is 4.77. The van der Waals surface area contributed by atoms with E-state index in [1.165, 1.54) is 22.5 Å². The minimum Gasteiger partial charge on any atom is -0.459 e. The molecule has 0 fully saturated rings. The Morgan fingerprint density at radius 1 is 1.03 bits per heavy atom. The van der Waals surface area contributed by atoms with Crippen LogP contribution in [-0.2, 0) is 5.41 Å². The molecule has 146 valence electrons. The Morgan fingerprint density at radius 2 is 1.79 bits per heavy atom. The predicted octanol–water partition coefficient (Wildman–Crippen LogP) is 7.92. The van der Waals surface area contributed by atoms with Crippen molar-refractivity contribution in [2.24, 2.45) is 0 Å². The van der Waals surface area contributed by atoms with E-state index in [9.17, 15) is 4.39 Å². The number of hydrogen-bond acceptors (Lipinski definition) is 3. The summed E-state index contributed by atoms with van der Waals surface area (Å²) in [4.78, 5) is 4.53. The van der Waals surface area contributed by atoms with E-state index in [0.29, 0.717) is 11.0 Å². The lowest BCUT2D eigenvalue weighted by atomic mass is 9.82. The lowest BCUT2D eigenvalue weighted by Crippen LogP contribution is -2.12. The zero-order chi connectivity index (χ0) is 20.5.